The van der Waals surface area contributed by atoms with Crippen LogP contribution in [0.25, 0.3) is 0 Å². The summed E-state index contributed by atoms with van der Waals surface area (Å²) in [5.74, 6) is 0.650. The molecule has 6 nitrogen and oxygen atoms in total. The number of benzene rings is 1. The number of rotatable bonds is 6. The van der Waals surface area contributed by atoms with Crippen LogP contribution in [0.2, 0.25) is 0 Å². The predicted octanol–water partition coefficient (Wildman–Crippen LogP) is 3.26. The van der Waals surface area contributed by atoms with E-state index in [4.69, 9.17) is 0 Å². The smallest absolute Gasteiger partial charge is 0.269 e. The Hall–Kier alpha value is -1.60. The first-order valence-corrected chi connectivity index (χ1v) is 9.54. The molecule has 0 radical (unpaired) electrons. The van der Waals surface area contributed by atoms with Gasteiger partial charge in [-0.2, -0.15) is 0 Å². The molecule has 1 heterocycles. The minimum absolute atomic E-state index is 0.0661. The lowest BCUT2D eigenvalue weighted by molar-refractivity contribution is -0.384. The van der Waals surface area contributed by atoms with Crippen molar-refractivity contribution in [3.8, 4) is 0 Å². The zero-order valence-electron chi connectivity index (χ0n) is 15.3. The molecule has 7 heteroatoms. The summed E-state index contributed by atoms with van der Waals surface area (Å²) in [6.07, 6.45) is 2.25. The summed E-state index contributed by atoms with van der Waals surface area (Å²) in [6.45, 7) is 6.21. The summed E-state index contributed by atoms with van der Waals surface area (Å²) in [6, 6.07) is 6.58. The molecule has 1 aromatic carbocycles. The predicted molar refractivity (Wildman–Crippen MR) is 101 cm³/mol. The van der Waals surface area contributed by atoms with E-state index in [1.54, 1.807) is 12.1 Å². The zero-order chi connectivity index (χ0) is 18.6. The summed E-state index contributed by atoms with van der Waals surface area (Å²) in [4.78, 5) is 28.1. The number of carbonyl (C=O) groups excluding carboxylic acids is 1. The molecule has 1 saturated heterocycles. The molecule has 1 fully saturated rings. The van der Waals surface area contributed by atoms with Crippen molar-refractivity contribution in [1.29, 1.82) is 0 Å². The second kappa shape index (κ2) is 8.67. The number of nitro groups is 1. The molecule has 25 heavy (non-hydrogen) atoms. The Labute approximate surface area is 153 Å². The molecule has 1 aliphatic heterocycles. The lowest BCUT2D eigenvalue weighted by Gasteiger charge is -2.37. The Morgan fingerprint density at radius 3 is 2.36 bits per heavy atom. The Morgan fingerprint density at radius 2 is 1.84 bits per heavy atom. The van der Waals surface area contributed by atoms with Gasteiger partial charge in [0.15, 0.2) is 0 Å². The van der Waals surface area contributed by atoms with E-state index in [0.717, 1.165) is 30.8 Å². The third-order valence-electron chi connectivity index (χ3n) is 5.11. The second-order valence-electron chi connectivity index (χ2n) is 6.84. The molecule has 0 aromatic heterocycles. The summed E-state index contributed by atoms with van der Waals surface area (Å²) in [7, 11) is 4.02. The van der Waals surface area contributed by atoms with Crippen molar-refractivity contribution in [2.24, 2.45) is 5.92 Å². The van der Waals surface area contributed by atoms with Gasteiger partial charge in [0.25, 0.3) is 5.69 Å². The van der Waals surface area contributed by atoms with Crippen molar-refractivity contribution in [3.05, 3.63) is 34.4 Å². The number of thioether (sulfide) groups is 1. The van der Waals surface area contributed by atoms with E-state index >= 15 is 0 Å². The minimum atomic E-state index is -0.417. The van der Waals surface area contributed by atoms with Crippen LogP contribution in [0.4, 0.5) is 5.69 Å². The van der Waals surface area contributed by atoms with Crippen LogP contribution < -0.4 is 0 Å². The highest BCUT2D eigenvalue weighted by molar-refractivity contribution is 8.00. The number of non-ortho nitro benzene ring substituents is 1. The number of nitro benzene ring substituents is 1. The number of hydrogen-bond donors (Lipinski definition) is 0. The van der Waals surface area contributed by atoms with Gasteiger partial charge in [0.05, 0.1) is 10.2 Å². The van der Waals surface area contributed by atoms with Crippen molar-refractivity contribution in [3.63, 3.8) is 0 Å². The SMILES string of the molecule is C[C@H](C1CCN(C)CC1)N(C)C(=O)[C@@H](C)Sc1ccc([N+](=O)[O-])cc1. The minimum Gasteiger partial charge on any atom is -0.342 e. The van der Waals surface area contributed by atoms with Gasteiger partial charge in [-0.3, -0.25) is 14.9 Å². The molecule has 0 unspecified atom stereocenters. The van der Waals surface area contributed by atoms with Crippen LogP contribution in [0, 0.1) is 16.0 Å². The maximum atomic E-state index is 12.8. The van der Waals surface area contributed by atoms with Crippen molar-refractivity contribution in [2.45, 2.75) is 42.9 Å². The van der Waals surface area contributed by atoms with Crippen molar-refractivity contribution in [1.82, 2.24) is 9.80 Å². The summed E-state index contributed by atoms with van der Waals surface area (Å²) >= 11 is 1.44. The van der Waals surface area contributed by atoms with Gasteiger partial charge in [-0.1, -0.05) is 0 Å². The van der Waals surface area contributed by atoms with E-state index in [2.05, 4.69) is 18.9 Å². The molecular weight excluding hydrogens is 338 g/mol. The first-order valence-electron chi connectivity index (χ1n) is 8.66. The van der Waals surface area contributed by atoms with Crippen LogP contribution in [0.5, 0.6) is 0 Å². The summed E-state index contributed by atoms with van der Waals surface area (Å²) in [5.41, 5.74) is 0.0661. The van der Waals surface area contributed by atoms with Crippen molar-refractivity contribution >= 4 is 23.4 Å². The van der Waals surface area contributed by atoms with Gasteiger partial charge in [0.2, 0.25) is 5.91 Å². The normalized spacial score (nSPS) is 18.6. The standard InChI is InChI=1S/C18H27N3O3S/c1-13(15-9-11-19(3)12-10-15)20(4)18(22)14(2)25-17-7-5-16(6-8-17)21(23)24/h5-8,13-15H,9-12H2,1-4H3/t13-,14-/m1/s1. The number of amides is 1. The largest absolute Gasteiger partial charge is 0.342 e. The first kappa shape index (κ1) is 19.7. The fourth-order valence-corrected chi connectivity index (χ4v) is 4.18. The number of piperidine rings is 1. The monoisotopic (exact) mass is 365 g/mol. The van der Waals surface area contributed by atoms with E-state index in [1.165, 1.54) is 23.9 Å². The molecule has 0 saturated carbocycles. The Kier molecular flexibility index (Phi) is 6.84. The Morgan fingerprint density at radius 1 is 1.28 bits per heavy atom. The van der Waals surface area contributed by atoms with Gasteiger partial charge >= 0.3 is 0 Å². The van der Waals surface area contributed by atoms with Crippen LogP contribution in [-0.4, -0.2) is 59.1 Å². The maximum absolute atomic E-state index is 12.8. The van der Waals surface area contributed by atoms with Crippen LogP contribution in [-0.2, 0) is 4.79 Å². The average Bonchev–Trinajstić information content (AvgIpc) is 2.60. The molecule has 1 amide bonds. The van der Waals surface area contributed by atoms with E-state index in [1.807, 2.05) is 18.9 Å². The highest BCUT2D eigenvalue weighted by Crippen LogP contribution is 2.28. The van der Waals surface area contributed by atoms with Crippen molar-refractivity contribution < 1.29 is 9.72 Å². The van der Waals surface area contributed by atoms with Gasteiger partial charge in [-0.15, -0.1) is 11.8 Å². The molecule has 0 N–H and O–H groups in total. The van der Waals surface area contributed by atoms with E-state index in [0.29, 0.717) is 5.92 Å². The topological polar surface area (TPSA) is 66.7 Å². The molecule has 138 valence electrons. The summed E-state index contributed by atoms with van der Waals surface area (Å²) in [5, 5.41) is 10.5. The third kappa shape index (κ3) is 5.19. The highest BCUT2D eigenvalue weighted by Gasteiger charge is 2.29. The van der Waals surface area contributed by atoms with Gasteiger partial charge in [0.1, 0.15) is 0 Å². The van der Waals surface area contributed by atoms with Gasteiger partial charge in [-0.25, -0.2) is 0 Å². The molecule has 1 aromatic rings. The molecular formula is C18H27N3O3S. The lowest BCUT2D eigenvalue weighted by atomic mass is 9.89. The second-order valence-corrected chi connectivity index (χ2v) is 8.26. The van der Waals surface area contributed by atoms with Crippen molar-refractivity contribution in [2.75, 3.05) is 27.2 Å². The van der Waals surface area contributed by atoms with Gasteiger partial charge < -0.3 is 9.80 Å². The number of nitrogens with zero attached hydrogens (tertiary/aromatic N) is 3. The number of carbonyl (C=O) groups is 1. The summed E-state index contributed by atoms with van der Waals surface area (Å²) < 4.78 is 0. The fraction of sp³-hybridized carbons (Fsp3) is 0.611. The molecule has 1 aliphatic rings. The van der Waals surface area contributed by atoms with Gasteiger partial charge in [0, 0.05) is 30.1 Å². The fourth-order valence-electron chi connectivity index (χ4n) is 3.22. The third-order valence-corrected chi connectivity index (χ3v) is 6.21. The zero-order valence-corrected chi connectivity index (χ0v) is 16.2. The van der Waals surface area contributed by atoms with Crippen LogP contribution in [0.3, 0.4) is 0 Å². The average molecular weight is 365 g/mol. The van der Waals surface area contributed by atoms with Gasteiger partial charge in [-0.05, 0) is 64.9 Å². The molecule has 2 atom stereocenters. The Bertz CT molecular complexity index is 600. The van der Waals surface area contributed by atoms with E-state index < -0.39 is 4.92 Å². The van der Waals surface area contributed by atoms with Crippen LogP contribution >= 0.6 is 11.8 Å². The molecule has 0 spiro atoms. The van der Waals surface area contributed by atoms with Crippen LogP contribution in [0.1, 0.15) is 26.7 Å². The first-order chi connectivity index (χ1) is 11.8. The number of likely N-dealkylation sites (tertiary alicyclic amines) is 1. The lowest BCUT2D eigenvalue weighted by Crippen LogP contribution is -2.46. The molecule has 0 aliphatic carbocycles. The maximum Gasteiger partial charge on any atom is 0.269 e. The molecule has 2 rings (SSSR count). The quantitative estimate of drug-likeness (QED) is 0.440. The van der Waals surface area contributed by atoms with Crippen LogP contribution in [0.15, 0.2) is 29.2 Å². The molecule has 0 bridgehead atoms. The van der Waals surface area contributed by atoms with E-state index in [9.17, 15) is 14.9 Å². The van der Waals surface area contributed by atoms with E-state index in [-0.39, 0.29) is 22.9 Å². The Balaban J connectivity index is 1.92. The highest BCUT2D eigenvalue weighted by atomic mass is 32.2. The number of hydrogen-bond acceptors (Lipinski definition) is 5.